The van der Waals surface area contributed by atoms with Crippen LogP contribution < -0.4 is 15.1 Å². The summed E-state index contributed by atoms with van der Waals surface area (Å²) in [7, 11) is 0. The van der Waals surface area contributed by atoms with Gasteiger partial charge in [-0.3, -0.25) is 9.59 Å². The molecule has 0 radical (unpaired) electrons. The normalized spacial score (nSPS) is 21.7. The molecule has 1 fully saturated rings. The molecule has 2 heterocycles. The fourth-order valence-electron chi connectivity index (χ4n) is 4.43. The maximum atomic E-state index is 13.5. The second kappa shape index (κ2) is 9.65. The number of amides is 2. The van der Waals surface area contributed by atoms with E-state index < -0.39 is 17.4 Å². The molecule has 2 aliphatic rings. The van der Waals surface area contributed by atoms with Crippen molar-refractivity contribution in [3.8, 4) is 0 Å². The van der Waals surface area contributed by atoms with Crippen LogP contribution in [0, 0.1) is 5.92 Å². The van der Waals surface area contributed by atoms with Gasteiger partial charge < -0.3 is 25.3 Å². The fraction of sp³-hybridized carbons (Fsp3) is 0.360. The van der Waals surface area contributed by atoms with Gasteiger partial charge in [0.25, 0.3) is 5.91 Å². The smallest absolute Gasteiger partial charge is 0.264 e. The Balaban J connectivity index is 1.61. The van der Waals surface area contributed by atoms with Crippen molar-refractivity contribution < 1.29 is 19.8 Å². The highest BCUT2D eigenvalue weighted by molar-refractivity contribution is 6.31. The highest BCUT2D eigenvalue weighted by atomic mass is 35.5. The molecule has 0 bridgehead atoms. The van der Waals surface area contributed by atoms with Crippen molar-refractivity contribution in [3.05, 3.63) is 70.8 Å². The van der Waals surface area contributed by atoms with Gasteiger partial charge in [0.15, 0.2) is 5.60 Å². The number of nitrogens with one attached hydrogen (secondary N) is 1. The van der Waals surface area contributed by atoms with Crippen LogP contribution in [0.5, 0.6) is 0 Å². The van der Waals surface area contributed by atoms with Crippen molar-refractivity contribution >= 4 is 34.8 Å². The van der Waals surface area contributed by atoms with Crippen LogP contribution in [0.3, 0.4) is 0 Å². The summed E-state index contributed by atoms with van der Waals surface area (Å²) in [5.41, 5.74) is 1.05. The highest BCUT2D eigenvalue weighted by Crippen LogP contribution is 2.46. The highest BCUT2D eigenvalue weighted by Gasteiger charge is 2.52. The standard InChI is InChI=1S/C25H28ClN3O4/c1-17(4-2-3-13-30)25(33)21-14-19(26)7-10-22(21)29(24(25)32)16-18-5-8-20(9-6-18)28-12-11-27-15-23(28)31/h2,4-10,14,17,27,30,33H,3,11-13,15-16H2,1H3/b4-2+/t17-,25+/m1/s1. The van der Waals surface area contributed by atoms with E-state index in [2.05, 4.69) is 5.32 Å². The maximum absolute atomic E-state index is 13.5. The minimum Gasteiger partial charge on any atom is -0.396 e. The third kappa shape index (κ3) is 4.42. The van der Waals surface area contributed by atoms with Crippen molar-refractivity contribution in [2.45, 2.75) is 25.5 Å². The van der Waals surface area contributed by atoms with E-state index in [-0.39, 0.29) is 19.1 Å². The summed E-state index contributed by atoms with van der Waals surface area (Å²) in [5, 5.41) is 24.1. The van der Waals surface area contributed by atoms with E-state index in [0.29, 0.717) is 35.8 Å². The molecule has 0 aliphatic carbocycles. The van der Waals surface area contributed by atoms with E-state index in [1.807, 2.05) is 24.3 Å². The molecule has 3 N–H and O–H groups in total. The van der Waals surface area contributed by atoms with E-state index in [9.17, 15) is 14.7 Å². The average Bonchev–Trinajstić information content (AvgIpc) is 3.02. The molecule has 2 aromatic carbocycles. The van der Waals surface area contributed by atoms with Gasteiger partial charge in [-0.05, 0) is 42.3 Å². The number of carbonyl (C=O) groups is 2. The van der Waals surface area contributed by atoms with Crippen LogP contribution in [0.25, 0.3) is 0 Å². The Morgan fingerprint density at radius 2 is 1.97 bits per heavy atom. The summed E-state index contributed by atoms with van der Waals surface area (Å²) in [6, 6.07) is 12.7. The Labute approximate surface area is 198 Å². The number of halogens is 1. The van der Waals surface area contributed by atoms with Crippen molar-refractivity contribution in [1.82, 2.24) is 5.32 Å². The van der Waals surface area contributed by atoms with Crippen molar-refractivity contribution in [2.24, 2.45) is 5.92 Å². The first-order chi connectivity index (χ1) is 15.9. The largest absolute Gasteiger partial charge is 0.396 e. The summed E-state index contributed by atoms with van der Waals surface area (Å²) in [6.07, 6.45) is 3.96. The summed E-state index contributed by atoms with van der Waals surface area (Å²) in [4.78, 5) is 29.0. The summed E-state index contributed by atoms with van der Waals surface area (Å²) < 4.78 is 0. The first kappa shape index (κ1) is 23.4. The van der Waals surface area contributed by atoms with Crippen LogP contribution in [0.1, 0.15) is 24.5 Å². The predicted octanol–water partition coefficient (Wildman–Crippen LogP) is 2.59. The summed E-state index contributed by atoms with van der Waals surface area (Å²) >= 11 is 6.21. The third-order valence-corrected chi connectivity index (χ3v) is 6.52. The van der Waals surface area contributed by atoms with Gasteiger partial charge >= 0.3 is 0 Å². The maximum Gasteiger partial charge on any atom is 0.264 e. The molecule has 2 amide bonds. The number of hydrogen-bond acceptors (Lipinski definition) is 5. The lowest BCUT2D eigenvalue weighted by Crippen LogP contribution is -2.48. The van der Waals surface area contributed by atoms with Gasteiger partial charge in [0.1, 0.15) is 0 Å². The summed E-state index contributed by atoms with van der Waals surface area (Å²) in [5.74, 6) is -0.898. The Morgan fingerprint density at radius 3 is 2.67 bits per heavy atom. The fourth-order valence-corrected chi connectivity index (χ4v) is 4.61. The molecule has 0 saturated carbocycles. The van der Waals surface area contributed by atoms with E-state index in [0.717, 1.165) is 17.8 Å². The Morgan fingerprint density at radius 1 is 1.21 bits per heavy atom. The van der Waals surface area contributed by atoms with E-state index in [4.69, 9.17) is 16.7 Å². The molecular formula is C25H28ClN3O4. The van der Waals surface area contributed by atoms with Crippen LogP contribution in [0.2, 0.25) is 5.02 Å². The van der Waals surface area contributed by atoms with Gasteiger partial charge in [0, 0.05) is 41.9 Å². The minimum absolute atomic E-state index is 0.000329. The Hall–Kier alpha value is -2.71. The van der Waals surface area contributed by atoms with Gasteiger partial charge in [-0.2, -0.15) is 0 Å². The minimum atomic E-state index is -1.75. The van der Waals surface area contributed by atoms with Gasteiger partial charge in [-0.15, -0.1) is 0 Å². The number of aliphatic hydroxyl groups is 2. The molecule has 0 unspecified atom stereocenters. The predicted molar refractivity (Wildman–Crippen MR) is 128 cm³/mol. The van der Waals surface area contributed by atoms with E-state index >= 15 is 0 Å². The molecule has 2 aromatic rings. The lowest BCUT2D eigenvalue weighted by molar-refractivity contribution is -0.139. The quantitative estimate of drug-likeness (QED) is 0.542. The first-order valence-corrected chi connectivity index (χ1v) is 11.5. The summed E-state index contributed by atoms with van der Waals surface area (Å²) in [6.45, 7) is 3.74. The third-order valence-electron chi connectivity index (χ3n) is 6.29. The Kier molecular flexibility index (Phi) is 6.86. The molecule has 7 nitrogen and oxygen atoms in total. The van der Waals surface area contributed by atoms with E-state index in [1.54, 1.807) is 47.1 Å². The molecule has 1 saturated heterocycles. The zero-order valence-corrected chi connectivity index (χ0v) is 19.3. The molecule has 4 rings (SSSR count). The van der Waals surface area contributed by atoms with Crippen LogP contribution in [0.4, 0.5) is 11.4 Å². The molecule has 174 valence electrons. The lowest BCUT2D eigenvalue weighted by Gasteiger charge is -2.28. The number of carbonyl (C=O) groups excluding carboxylic acids is 2. The molecule has 2 aliphatic heterocycles. The zero-order chi connectivity index (χ0) is 23.6. The van der Waals surface area contributed by atoms with Gasteiger partial charge in [0.2, 0.25) is 5.91 Å². The number of benzene rings is 2. The molecule has 8 heteroatoms. The second-order valence-corrected chi connectivity index (χ2v) is 8.87. The van der Waals surface area contributed by atoms with Crippen molar-refractivity contribution in [1.29, 1.82) is 0 Å². The van der Waals surface area contributed by atoms with Gasteiger partial charge in [0.05, 0.1) is 18.8 Å². The molecule has 2 atom stereocenters. The number of piperazine rings is 1. The van der Waals surface area contributed by atoms with Crippen LogP contribution in [-0.2, 0) is 21.7 Å². The molecule has 0 aromatic heterocycles. The topological polar surface area (TPSA) is 93.1 Å². The van der Waals surface area contributed by atoms with E-state index in [1.165, 1.54) is 0 Å². The second-order valence-electron chi connectivity index (χ2n) is 8.44. The number of aliphatic hydroxyl groups excluding tert-OH is 1. The molecular weight excluding hydrogens is 442 g/mol. The number of fused-ring (bicyclic) bond motifs is 1. The van der Waals surface area contributed by atoms with Crippen LogP contribution in [0.15, 0.2) is 54.6 Å². The first-order valence-electron chi connectivity index (χ1n) is 11.1. The number of anilines is 2. The average molecular weight is 470 g/mol. The van der Waals surface area contributed by atoms with Crippen LogP contribution >= 0.6 is 11.6 Å². The number of rotatable bonds is 7. The zero-order valence-electron chi connectivity index (χ0n) is 18.5. The van der Waals surface area contributed by atoms with Crippen molar-refractivity contribution in [2.75, 3.05) is 36.0 Å². The van der Waals surface area contributed by atoms with Crippen molar-refractivity contribution in [3.63, 3.8) is 0 Å². The number of hydrogen-bond donors (Lipinski definition) is 3. The number of nitrogens with zero attached hydrogens (tertiary/aromatic N) is 2. The molecule has 0 spiro atoms. The Bertz CT molecular complexity index is 1070. The SMILES string of the molecule is C[C@H](/C=C/CCO)[C@@]1(O)C(=O)N(Cc2ccc(N3CCNCC3=O)cc2)c2ccc(Cl)cc21. The monoisotopic (exact) mass is 469 g/mol. The molecule has 33 heavy (non-hydrogen) atoms. The lowest BCUT2D eigenvalue weighted by atomic mass is 9.83. The van der Waals surface area contributed by atoms with Gasteiger partial charge in [-0.1, -0.05) is 42.8 Å². The van der Waals surface area contributed by atoms with Crippen LogP contribution in [-0.4, -0.2) is 48.3 Å². The van der Waals surface area contributed by atoms with Gasteiger partial charge in [-0.25, -0.2) is 0 Å².